The Bertz CT molecular complexity index is 441. The minimum absolute atomic E-state index is 0.418. The maximum atomic E-state index is 5.80. The smallest absolute Gasteiger partial charge is 0.152 e. The molecular formula is C12H19N5. The normalized spacial score (nSPS) is 21.1. The van der Waals surface area contributed by atoms with Crippen LogP contribution in [0.1, 0.15) is 29.7 Å². The molecule has 0 radical (unpaired) electrons. The Balaban J connectivity index is 2.35. The maximum absolute atomic E-state index is 5.80. The molecule has 0 bridgehead atoms. The molecule has 0 saturated carbocycles. The van der Waals surface area contributed by atoms with Crippen molar-refractivity contribution in [3.8, 4) is 0 Å². The summed E-state index contributed by atoms with van der Waals surface area (Å²) >= 11 is 0. The topological polar surface area (TPSA) is 79.7 Å². The van der Waals surface area contributed by atoms with Gasteiger partial charge in [-0.25, -0.2) is 11.4 Å². The van der Waals surface area contributed by atoms with Gasteiger partial charge in [0.1, 0.15) is 0 Å². The Hall–Kier alpha value is -1.59. The molecule has 92 valence electrons. The fraction of sp³-hybridized carbons (Fsp3) is 0.417. The molecule has 1 aromatic rings. The third-order valence-corrected chi connectivity index (χ3v) is 3.47. The van der Waals surface area contributed by atoms with Crippen molar-refractivity contribution in [2.24, 2.45) is 16.7 Å². The molecule has 5 N–H and O–H groups in total. The number of hydrogen-bond acceptors (Lipinski definition) is 4. The molecule has 0 saturated heterocycles. The number of likely N-dealkylation sites (N-methyl/N-ethyl adjacent to an activating group) is 1. The molecular weight excluding hydrogens is 214 g/mol. The van der Waals surface area contributed by atoms with Gasteiger partial charge in [-0.1, -0.05) is 12.1 Å². The Morgan fingerprint density at radius 2 is 2.29 bits per heavy atom. The number of hydrogen-bond donors (Lipinski definition) is 3. The molecule has 1 aliphatic heterocycles. The lowest BCUT2D eigenvalue weighted by molar-refractivity contribution is 0.247. The summed E-state index contributed by atoms with van der Waals surface area (Å²) in [7, 11) is 2.15. The van der Waals surface area contributed by atoms with E-state index in [-0.39, 0.29) is 0 Å². The number of amidine groups is 1. The van der Waals surface area contributed by atoms with Gasteiger partial charge in [0.05, 0.1) is 0 Å². The number of benzene rings is 1. The molecule has 1 aromatic carbocycles. The Labute approximate surface area is 101 Å². The first kappa shape index (κ1) is 11.9. The van der Waals surface area contributed by atoms with Crippen molar-refractivity contribution in [3.05, 3.63) is 34.9 Å². The van der Waals surface area contributed by atoms with Gasteiger partial charge in [-0.3, -0.25) is 4.90 Å². The van der Waals surface area contributed by atoms with E-state index < -0.39 is 0 Å². The second-order valence-electron chi connectivity index (χ2n) is 4.45. The summed E-state index contributed by atoms with van der Waals surface area (Å²) in [4.78, 5) is 2.35. The molecule has 1 aliphatic rings. The van der Waals surface area contributed by atoms with Crippen molar-refractivity contribution in [1.29, 1.82) is 0 Å². The van der Waals surface area contributed by atoms with Crippen molar-refractivity contribution in [3.63, 3.8) is 0 Å². The first-order valence-corrected chi connectivity index (χ1v) is 5.75. The van der Waals surface area contributed by atoms with Gasteiger partial charge in [-0.2, -0.15) is 0 Å². The molecule has 0 spiro atoms. The molecule has 5 nitrogen and oxygen atoms in total. The van der Waals surface area contributed by atoms with E-state index in [1.54, 1.807) is 0 Å². The molecule has 0 aliphatic carbocycles. The molecule has 5 heteroatoms. The number of nitrogens with two attached hydrogens (primary N) is 2. The summed E-state index contributed by atoms with van der Waals surface area (Å²) in [6.07, 6.45) is 1.05. The Kier molecular flexibility index (Phi) is 3.31. The van der Waals surface area contributed by atoms with Gasteiger partial charge in [0.2, 0.25) is 0 Å². The maximum Gasteiger partial charge on any atom is 0.152 e. The lowest BCUT2D eigenvalue weighted by atomic mass is 9.92. The fourth-order valence-electron chi connectivity index (χ4n) is 2.25. The Morgan fingerprint density at radius 1 is 1.53 bits per heavy atom. The predicted octanol–water partition coefficient (Wildman–Crippen LogP) is 0.319. The third-order valence-electron chi connectivity index (χ3n) is 3.47. The summed E-state index contributed by atoms with van der Waals surface area (Å²) in [5.41, 5.74) is 11.7. The van der Waals surface area contributed by atoms with Crippen molar-refractivity contribution >= 4 is 5.84 Å². The number of nitrogens with one attached hydrogen (secondary N) is 1. The van der Waals surface area contributed by atoms with Crippen LogP contribution in [0.25, 0.3) is 0 Å². The first-order chi connectivity index (χ1) is 8.13. The average Bonchev–Trinajstić information content (AvgIpc) is 2.34. The number of fused-ring (bicyclic) bond motifs is 1. The van der Waals surface area contributed by atoms with Crippen molar-refractivity contribution in [2.45, 2.75) is 19.4 Å². The highest BCUT2D eigenvalue weighted by Crippen LogP contribution is 2.28. The van der Waals surface area contributed by atoms with E-state index >= 15 is 0 Å². The zero-order valence-electron chi connectivity index (χ0n) is 10.3. The van der Waals surface area contributed by atoms with E-state index in [9.17, 15) is 0 Å². The fourth-order valence-corrected chi connectivity index (χ4v) is 2.25. The second kappa shape index (κ2) is 4.73. The minimum atomic E-state index is 0.418. The van der Waals surface area contributed by atoms with Crippen molar-refractivity contribution in [2.75, 3.05) is 13.6 Å². The van der Waals surface area contributed by atoms with E-state index in [0.29, 0.717) is 11.9 Å². The summed E-state index contributed by atoms with van der Waals surface area (Å²) in [6.45, 7) is 3.29. The average molecular weight is 233 g/mol. The van der Waals surface area contributed by atoms with Gasteiger partial charge in [-0.15, -0.1) is 5.10 Å². The molecule has 1 atom stereocenters. The zero-order chi connectivity index (χ0) is 12.4. The third kappa shape index (κ3) is 2.25. The van der Waals surface area contributed by atoms with E-state index in [0.717, 1.165) is 18.5 Å². The standard InChI is InChI=1S/C12H19N5/c1-8-11-4-3-10(12(13)15-16-14)7-9(11)5-6-17(8)2/h3-4,7-8,16H,5-6,14H2,1-2H3,(H2,13,15). The van der Waals surface area contributed by atoms with Gasteiger partial charge >= 0.3 is 0 Å². The number of hydrazone groups is 1. The van der Waals surface area contributed by atoms with Crippen LogP contribution in [0.5, 0.6) is 0 Å². The summed E-state index contributed by atoms with van der Waals surface area (Å²) in [6, 6.07) is 6.68. The summed E-state index contributed by atoms with van der Waals surface area (Å²) in [5.74, 6) is 5.54. The van der Waals surface area contributed by atoms with Crippen molar-refractivity contribution in [1.82, 2.24) is 10.4 Å². The van der Waals surface area contributed by atoms with Gasteiger partial charge in [-0.05, 0) is 37.6 Å². The number of nitrogens with zero attached hydrogens (tertiary/aromatic N) is 2. The largest absolute Gasteiger partial charge is 0.382 e. The van der Waals surface area contributed by atoms with Crippen LogP contribution in [-0.2, 0) is 6.42 Å². The quantitative estimate of drug-likeness (QED) is 0.297. The predicted molar refractivity (Wildman–Crippen MR) is 69.2 cm³/mol. The molecule has 0 fully saturated rings. The highest BCUT2D eigenvalue weighted by atomic mass is 15.5. The van der Waals surface area contributed by atoms with Gasteiger partial charge < -0.3 is 5.73 Å². The van der Waals surface area contributed by atoms with Gasteiger partial charge in [0.25, 0.3) is 0 Å². The van der Waals surface area contributed by atoms with Crippen LogP contribution in [0.3, 0.4) is 0 Å². The number of hydrazine groups is 1. The molecule has 1 unspecified atom stereocenters. The summed E-state index contributed by atoms with van der Waals surface area (Å²) < 4.78 is 0. The van der Waals surface area contributed by atoms with Crippen LogP contribution in [0.4, 0.5) is 0 Å². The zero-order valence-corrected chi connectivity index (χ0v) is 10.3. The highest BCUT2D eigenvalue weighted by Gasteiger charge is 2.20. The van der Waals surface area contributed by atoms with E-state index in [1.165, 1.54) is 11.1 Å². The van der Waals surface area contributed by atoms with Crippen molar-refractivity contribution < 1.29 is 0 Å². The molecule has 2 rings (SSSR count). The number of rotatable bonds is 2. The van der Waals surface area contributed by atoms with Crippen LogP contribution >= 0.6 is 0 Å². The van der Waals surface area contributed by atoms with Crippen LogP contribution in [0.2, 0.25) is 0 Å². The molecule has 0 aromatic heterocycles. The SMILES string of the molecule is CC1c2ccc(/C(N)=N/NN)cc2CCN1C. The molecule has 17 heavy (non-hydrogen) atoms. The first-order valence-electron chi connectivity index (χ1n) is 5.75. The Morgan fingerprint density at radius 3 is 3.00 bits per heavy atom. The van der Waals surface area contributed by atoms with Gasteiger partial charge in [0, 0.05) is 18.2 Å². The van der Waals surface area contributed by atoms with Gasteiger partial charge in [0.15, 0.2) is 5.84 Å². The molecule has 1 heterocycles. The minimum Gasteiger partial charge on any atom is -0.382 e. The molecule has 0 amide bonds. The lowest BCUT2D eigenvalue weighted by Gasteiger charge is -2.32. The van der Waals surface area contributed by atoms with E-state index in [1.807, 2.05) is 6.07 Å². The monoisotopic (exact) mass is 233 g/mol. The second-order valence-corrected chi connectivity index (χ2v) is 4.45. The van der Waals surface area contributed by atoms with Crippen LogP contribution < -0.4 is 17.1 Å². The van der Waals surface area contributed by atoms with E-state index in [4.69, 9.17) is 11.6 Å². The lowest BCUT2D eigenvalue weighted by Crippen LogP contribution is -2.31. The van der Waals surface area contributed by atoms with E-state index in [2.05, 4.69) is 41.6 Å². The van der Waals surface area contributed by atoms with Crippen LogP contribution in [0, 0.1) is 0 Å². The van der Waals surface area contributed by atoms with Crippen LogP contribution in [-0.4, -0.2) is 24.3 Å². The highest BCUT2D eigenvalue weighted by molar-refractivity contribution is 5.97. The summed E-state index contributed by atoms with van der Waals surface area (Å²) in [5, 5.41) is 3.79. The van der Waals surface area contributed by atoms with Crippen LogP contribution in [0.15, 0.2) is 23.3 Å².